The molecule has 3 heteroatoms. The second-order valence-electron chi connectivity index (χ2n) is 4.37. The minimum Gasteiger partial charge on any atom is -0.450 e. The first kappa shape index (κ1) is 12.7. The van der Waals surface area contributed by atoms with E-state index in [1.165, 1.54) is 18.4 Å². The van der Waals surface area contributed by atoms with Gasteiger partial charge in [0.25, 0.3) is 0 Å². The molecule has 1 aliphatic carbocycles. The summed E-state index contributed by atoms with van der Waals surface area (Å²) in [7, 11) is 0. The average molecular weight is 245 g/mol. The fourth-order valence-corrected chi connectivity index (χ4v) is 2.23. The minimum absolute atomic E-state index is 0.386. The van der Waals surface area contributed by atoms with E-state index in [-0.39, 0.29) is 6.09 Å². The molecule has 0 spiro atoms. The van der Waals surface area contributed by atoms with E-state index >= 15 is 0 Å². The van der Waals surface area contributed by atoms with Gasteiger partial charge >= 0.3 is 6.09 Å². The third-order valence-corrected chi connectivity index (χ3v) is 3.08. The van der Waals surface area contributed by atoms with Gasteiger partial charge in [0.15, 0.2) is 0 Å². The van der Waals surface area contributed by atoms with Crippen molar-refractivity contribution in [3.8, 4) is 0 Å². The van der Waals surface area contributed by atoms with E-state index in [1.807, 2.05) is 18.2 Å². The van der Waals surface area contributed by atoms with Crippen molar-refractivity contribution < 1.29 is 9.53 Å². The van der Waals surface area contributed by atoms with Crippen LogP contribution in [0.1, 0.15) is 38.2 Å². The fraction of sp³-hybridized carbons (Fsp3) is 0.400. The van der Waals surface area contributed by atoms with E-state index in [4.69, 9.17) is 4.74 Å². The first-order valence-electron chi connectivity index (χ1n) is 6.53. The number of allylic oxidation sites excluding steroid dienone is 2. The highest BCUT2D eigenvalue weighted by atomic mass is 16.5. The van der Waals surface area contributed by atoms with Crippen molar-refractivity contribution in [1.82, 2.24) is 0 Å². The third-order valence-electron chi connectivity index (χ3n) is 3.08. The summed E-state index contributed by atoms with van der Waals surface area (Å²) in [6.45, 7) is 2.19. The highest BCUT2D eigenvalue weighted by molar-refractivity contribution is 5.89. The predicted molar refractivity (Wildman–Crippen MR) is 73.5 cm³/mol. The molecule has 96 valence electrons. The van der Waals surface area contributed by atoms with Gasteiger partial charge in [-0.15, -0.1) is 0 Å². The Morgan fingerprint density at radius 1 is 1.33 bits per heavy atom. The molecule has 0 aromatic heterocycles. The largest absolute Gasteiger partial charge is 0.450 e. The van der Waals surface area contributed by atoms with Crippen molar-refractivity contribution in [1.29, 1.82) is 0 Å². The Labute approximate surface area is 108 Å². The number of amides is 1. The standard InChI is InChI=1S/C15H19NO2/c1-2-18-15(17)16-14-11-7-6-10-13(14)12-8-4-3-5-9-12/h6-8,10-11H,2-5,9H2,1H3,(H,16,17). The second-order valence-corrected chi connectivity index (χ2v) is 4.37. The molecule has 0 unspecified atom stereocenters. The van der Waals surface area contributed by atoms with Crippen LogP contribution in [-0.4, -0.2) is 12.7 Å². The molecule has 1 aliphatic rings. The number of ether oxygens (including phenoxy) is 1. The summed E-state index contributed by atoms with van der Waals surface area (Å²) < 4.78 is 4.92. The van der Waals surface area contributed by atoms with Crippen LogP contribution in [0.4, 0.5) is 10.5 Å². The Morgan fingerprint density at radius 2 is 2.17 bits per heavy atom. The Hall–Kier alpha value is -1.77. The van der Waals surface area contributed by atoms with Gasteiger partial charge in [-0.3, -0.25) is 5.32 Å². The van der Waals surface area contributed by atoms with Crippen LogP contribution in [0.25, 0.3) is 5.57 Å². The summed E-state index contributed by atoms with van der Waals surface area (Å²) >= 11 is 0. The van der Waals surface area contributed by atoms with E-state index in [1.54, 1.807) is 6.92 Å². The average Bonchev–Trinajstić information content (AvgIpc) is 2.40. The number of para-hydroxylation sites is 1. The molecule has 1 aromatic rings. The Bertz CT molecular complexity index is 452. The molecule has 2 rings (SSSR count). The SMILES string of the molecule is CCOC(=O)Nc1ccccc1C1=CCCCC1. The van der Waals surface area contributed by atoms with E-state index < -0.39 is 0 Å². The van der Waals surface area contributed by atoms with Gasteiger partial charge in [0.2, 0.25) is 0 Å². The van der Waals surface area contributed by atoms with Crippen LogP contribution in [0.5, 0.6) is 0 Å². The van der Waals surface area contributed by atoms with Gasteiger partial charge in [-0.1, -0.05) is 24.3 Å². The van der Waals surface area contributed by atoms with Crippen molar-refractivity contribution in [2.45, 2.75) is 32.6 Å². The zero-order chi connectivity index (χ0) is 12.8. The van der Waals surface area contributed by atoms with Crippen LogP contribution in [0, 0.1) is 0 Å². The maximum absolute atomic E-state index is 11.5. The smallest absolute Gasteiger partial charge is 0.411 e. The molecule has 1 N–H and O–H groups in total. The molecule has 18 heavy (non-hydrogen) atoms. The van der Waals surface area contributed by atoms with E-state index in [0.717, 1.165) is 24.1 Å². The first-order chi connectivity index (χ1) is 8.81. The van der Waals surface area contributed by atoms with Crippen molar-refractivity contribution in [2.24, 2.45) is 0 Å². The quantitative estimate of drug-likeness (QED) is 0.866. The molecule has 0 saturated carbocycles. The maximum atomic E-state index is 11.5. The predicted octanol–water partition coefficient (Wildman–Crippen LogP) is 4.21. The van der Waals surface area contributed by atoms with Crippen LogP contribution < -0.4 is 5.32 Å². The summed E-state index contributed by atoms with van der Waals surface area (Å²) in [5.41, 5.74) is 3.28. The van der Waals surface area contributed by atoms with Gasteiger partial charge in [-0.2, -0.15) is 0 Å². The number of benzene rings is 1. The first-order valence-corrected chi connectivity index (χ1v) is 6.53. The molecule has 1 aromatic carbocycles. The van der Waals surface area contributed by atoms with Crippen LogP contribution in [0.3, 0.4) is 0 Å². The highest BCUT2D eigenvalue weighted by Gasteiger charge is 2.12. The van der Waals surface area contributed by atoms with Crippen LogP contribution in [-0.2, 0) is 4.74 Å². The van der Waals surface area contributed by atoms with Crippen molar-refractivity contribution in [3.63, 3.8) is 0 Å². The molecule has 0 bridgehead atoms. The zero-order valence-corrected chi connectivity index (χ0v) is 10.7. The number of hydrogen-bond donors (Lipinski definition) is 1. The van der Waals surface area contributed by atoms with Crippen LogP contribution in [0.2, 0.25) is 0 Å². The monoisotopic (exact) mass is 245 g/mol. The Balaban J connectivity index is 2.19. The molecule has 0 fully saturated rings. The lowest BCUT2D eigenvalue weighted by atomic mass is 9.93. The lowest BCUT2D eigenvalue weighted by Crippen LogP contribution is -2.14. The van der Waals surface area contributed by atoms with E-state index in [0.29, 0.717) is 6.61 Å². The molecule has 0 aliphatic heterocycles. The zero-order valence-electron chi connectivity index (χ0n) is 10.7. The van der Waals surface area contributed by atoms with Crippen LogP contribution in [0.15, 0.2) is 30.3 Å². The van der Waals surface area contributed by atoms with Gasteiger partial charge in [-0.25, -0.2) is 4.79 Å². The molecule has 0 atom stereocenters. The van der Waals surface area contributed by atoms with Crippen molar-refractivity contribution in [2.75, 3.05) is 11.9 Å². The number of rotatable bonds is 3. The summed E-state index contributed by atoms with van der Waals surface area (Å²) in [5, 5.41) is 2.81. The number of hydrogen-bond acceptors (Lipinski definition) is 2. The van der Waals surface area contributed by atoms with Crippen molar-refractivity contribution in [3.05, 3.63) is 35.9 Å². The lowest BCUT2D eigenvalue weighted by Gasteiger charge is -2.16. The number of carbonyl (C=O) groups excluding carboxylic acids is 1. The molecular weight excluding hydrogens is 226 g/mol. The summed E-state index contributed by atoms with van der Waals surface area (Å²) in [6, 6.07) is 7.90. The molecule has 0 saturated heterocycles. The number of nitrogens with one attached hydrogen (secondary N) is 1. The maximum Gasteiger partial charge on any atom is 0.411 e. The van der Waals surface area contributed by atoms with Gasteiger partial charge < -0.3 is 4.74 Å². The van der Waals surface area contributed by atoms with Gasteiger partial charge in [0, 0.05) is 5.56 Å². The number of anilines is 1. The van der Waals surface area contributed by atoms with E-state index in [2.05, 4.69) is 17.5 Å². The van der Waals surface area contributed by atoms with Gasteiger partial charge in [-0.05, 0) is 44.2 Å². The molecule has 1 amide bonds. The lowest BCUT2D eigenvalue weighted by molar-refractivity contribution is 0.168. The topological polar surface area (TPSA) is 38.3 Å². The van der Waals surface area contributed by atoms with Gasteiger partial charge in [0.05, 0.1) is 12.3 Å². The summed E-state index contributed by atoms with van der Waals surface area (Å²) in [5.74, 6) is 0. The van der Waals surface area contributed by atoms with E-state index in [9.17, 15) is 4.79 Å². The molecule has 0 heterocycles. The highest BCUT2D eigenvalue weighted by Crippen LogP contribution is 2.31. The minimum atomic E-state index is -0.388. The fourth-order valence-electron chi connectivity index (χ4n) is 2.23. The van der Waals surface area contributed by atoms with Crippen molar-refractivity contribution >= 4 is 17.4 Å². The van der Waals surface area contributed by atoms with Gasteiger partial charge in [0.1, 0.15) is 0 Å². The third kappa shape index (κ3) is 3.13. The second kappa shape index (κ2) is 6.24. The Morgan fingerprint density at radius 3 is 2.89 bits per heavy atom. The molecule has 0 radical (unpaired) electrons. The normalized spacial score (nSPS) is 14.8. The summed E-state index contributed by atoms with van der Waals surface area (Å²) in [4.78, 5) is 11.5. The Kier molecular flexibility index (Phi) is 4.40. The molecule has 3 nitrogen and oxygen atoms in total. The molecular formula is C15H19NO2. The number of carbonyl (C=O) groups is 1. The van der Waals surface area contributed by atoms with Crippen LogP contribution >= 0.6 is 0 Å². The summed E-state index contributed by atoms with van der Waals surface area (Å²) in [6.07, 6.45) is 6.58.